The number of anilines is 1. The number of fused-ring (bicyclic) bond motifs is 1. The lowest BCUT2D eigenvalue weighted by Crippen LogP contribution is -2.32. The van der Waals surface area contributed by atoms with Crippen LogP contribution in [0.3, 0.4) is 0 Å². The number of aromatic nitrogens is 2. The summed E-state index contributed by atoms with van der Waals surface area (Å²) in [6, 6.07) is 14.7. The summed E-state index contributed by atoms with van der Waals surface area (Å²) in [6.45, 7) is 1.89. The molecule has 0 saturated heterocycles. The van der Waals surface area contributed by atoms with Crippen molar-refractivity contribution in [1.82, 2.24) is 9.78 Å². The van der Waals surface area contributed by atoms with Crippen LogP contribution in [0.15, 0.2) is 53.6 Å². The number of imide groups is 1. The van der Waals surface area contributed by atoms with E-state index in [-0.39, 0.29) is 22.5 Å². The first-order valence-electron chi connectivity index (χ1n) is 8.87. The van der Waals surface area contributed by atoms with Gasteiger partial charge in [0.15, 0.2) is 5.82 Å². The minimum absolute atomic E-state index is 0.0276. The molecule has 2 aromatic carbocycles. The Labute approximate surface area is 174 Å². The molecule has 148 valence electrons. The van der Waals surface area contributed by atoms with Crippen LogP contribution in [0.2, 0.25) is 0 Å². The van der Waals surface area contributed by atoms with Crippen LogP contribution in [0, 0.1) is 21.4 Å². The Morgan fingerprint density at radius 1 is 1.13 bits per heavy atom. The molecule has 3 aromatic rings. The van der Waals surface area contributed by atoms with E-state index in [1.54, 1.807) is 30.3 Å². The zero-order chi connectivity index (χ0) is 21.4. The van der Waals surface area contributed by atoms with Gasteiger partial charge in [-0.25, -0.2) is 9.58 Å². The van der Waals surface area contributed by atoms with Crippen LogP contribution < -0.4 is 4.90 Å². The highest BCUT2D eigenvalue weighted by atomic mass is 32.2. The van der Waals surface area contributed by atoms with Gasteiger partial charge in [0.25, 0.3) is 17.5 Å². The molecule has 30 heavy (non-hydrogen) atoms. The van der Waals surface area contributed by atoms with Crippen molar-refractivity contribution in [2.75, 3.05) is 10.7 Å². The average molecular weight is 419 g/mol. The number of nitro benzene ring substituents is 1. The van der Waals surface area contributed by atoms with E-state index in [1.165, 1.54) is 34.6 Å². The molecule has 0 atom stereocenters. The predicted molar refractivity (Wildman–Crippen MR) is 109 cm³/mol. The van der Waals surface area contributed by atoms with E-state index in [4.69, 9.17) is 0 Å². The van der Waals surface area contributed by atoms with Gasteiger partial charge in [0.2, 0.25) is 0 Å². The molecular weight excluding hydrogens is 406 g/mol. The maximum Gasteiger partial charge on any atom is 0.283 e. The van der Waals surface area contributed by atoms with E-state index in [0.717, 1.165) is 4.90 Å². The number of benzene rings is 2. The second kappa shape index (κ2) is 7.46. The lowest BCUT2D eigenvalue weighted by atomic mass is 10.1. The van der Waals surface area contributed by atoms with Crippen molar-refractivity contribution in [2.45, 2.75) is 11.9 Å². The zero-order valence-electron chi connectivity index (χ0n) is 15.6. The number of nitrogens with zero attached hydrogens (tertiary/aromatic N) is 5. The molecule has 1 aliphatic rings. The van der Waals surface area contributed by atoms with Gasteiger partial charge in [0.1, 0.15) is 22.2 Å². The van der Waals surface area contributed by atoms with Crippen molar-refractivity contribution in [3.8, 4) is 11.8 Å². The minimum Gasteiger partial charge on any atom is -0.268 e. The van der Waals surface area contributed by atoms with E-state index >= 15 is 0 Å². The number of rotatable bonds is 5. The molecule has 0 N–H and O–H groups in total. The van der Waals surface area contributed by atoms with Crippen LogP contribution in [0.5, 0.6) is 0 Å². The number of thioether (sulfide) groups is 1. The normalized spacial score (nSPS) is 12.7. The van der Waals surface area contributed by atoms with Gasteiger partial charge in [-0.3, -0.25) is 19.7 Å². The van der Waals surface area contributed by atoms with Gasteiger partial charge < -0.3 is 0 Å². The molecule has 0 unspecified atom stereocenters. The SMILES string of the molecule is CCSc1nn(-c2ccccc2)c(N2C(=O)c3cccc([N+](=O)[O-])c3C2=O)c1C#N. The topological polar surface area (TPSA) is 122 Å². The lowest BCUT2D eigenvalue weighted by Gasteiger charge is -2.16. The third-order valence-electron chi connectivity index (χ3n) is 4.52. The second-order valence-electron chi connectivity index (χ2n) is 6.20. The largest absolute Gasteiger partial charge is 0.283 e. The Kier molecular flexibility index (Phi) is 4.81. The summed E-state index contributed by atoms with van der Waals surface area (Å²) in [5.74, 6) is -1.00. The van der Waals surface area contributed by atoms with Gasteiger partial charge in [-0.05, 0) is 24.0 Å². The monoisotopic (exact) mass is 419 g/mol. The number of amides is 2. The molecule has 10 heteroatoms. The Balaban J connectivity index is 1.98. The molecule has 0 aliphatic carbocycles. The molecule has 9 nitrogen and oxygen atoms in total. The van der Waals surface area contributed by atoms with Crippen molar-refractivity contribution in [3.63, 3.8) is 0 Å². The van der Waals surface area contributed by atoms with Gasteiger partial charge >= 0.3 is 0 Å². The quantitative estimate of drug-likeness (QED) is 0.268. The summed E-state index contributed by atoms with van der Waals surface area (Å²) in [7, 11) is 0. The summed E-state index contributed by atoms with van der Waals surface area (Å²) in [4.78, 5) is 37.8. The molecule has 0 spiro atoms. The number of para-hydroxylation sites is 1. The van der Waals surface area contributed by atoms with Crippen LogP contribution in [0.1, 0.15) is 33.2 Å². The first kappa shape index (κ1) is 19.4. The highest BCUT2D eigenvalue weighted by Gasteiger charge is 2.45. The number of hydrogen-bond acceptors (Lipinski definition) is 7. The van der Waals surface area contributed by atoms with Crippen molar-refractivity contribution < 1.29 is 14.5 Å². The molecule has 2 heterocycles. The maximum atomic E-state index is 13.2. The Morgan fingerprint density at radius 3 is 2.50 bits per heavy atom. The fourth-order valence-corrected chi connectivity index (χ4v) is 3.99. The molecule has 4 rings (SSSR count). The summed E-state index contributed by atoms with van der Waals surface area (Å²) < 4.78 is 1.35. The number of hydrogen-bond donors (Lipinski definition) is 0. The van der Waals surface area contributed by atoms with E-state index in [1.807, 2.05) is 13.0 Å². The number of carbonyl (C=O) groups is 2. The van der Waals surface area contributed by atoms with E-state index in [2.05, 4.69) is 5.10 Å². The van der Waals surface area contributed by atoms with Gasteiger partial charge in [0, 0.05) is 6.07 Å². The van der Waals surface area contributed by atoms with Crippen LogP contribution >= 0.6 is 11.8 Å². The zero-order valence-corrected chi connectivity index (χ0v) is 16.4. The smallest absolute Gasteiger partial charge is 0.268 e. The van der Waals surface area contributed by atoms with E-state index in [0.29, 0.717) is 16.5 Å². The highest BCUT2D eigenvalue weighted by molar-refractivity contribution is 7.99. The molecule has 0 saturated carbocycles. The third-order valence-corrected chi connectivity index (χ3v) is 5.37. The van der Waals surface area contributed by atoms with E-state index in [9.17, 15) is 25.0 Å². The second-order valence-corrected chi connectivity index (χ2v) is 7.45. The van der Waals surface area contributed by atoms with Gasteiger partial charge in [-0.15, -0.1) is 11.8 Å². The average Bonchev–Trinajstić information content (AvgIpc) is 3.23. The number of carbonyl (C=O) groups excluding carboxylic acids is 2. The minimum atomic E-state index is -0.857. The summed E-state index contributed by atoms with van der Waals surface area (Å²) in [5.41, 5.74) is -0.229. The fraction of sp³-hybridized carbons (Fsp3) is 0.100. The molecule has 0 fully saturated rings. The Bertz CT molecular complexity index is 1250. The van der Waals surface area contributed by atoms with Crippen molar-refractivity contribution in [2.24, 2.45) is 0 Å². The molecule has 0 bridgehead atoms. The third kappa shape index (κ3) is 2.84. The van der Waals surface area contributed by atoms with Crippen LogP contribution in [-0.2, 0) is 0 Å². The first-order valence-corrected chi connectivity index (χ1v) is 9.85. The van der Waals surface area contributed by atoms with Crippen LogP contribution in [-0.4, -0.2) is 32.3 Å². The summed E-state index contributed by atoms with van der Waals surface area (Å²) >= 11 is 1.30. The first-order chi connectivity index (χ1) is 14.5. The standard InChI is InChI=1S/C20H13N5O4S/c1-2-30-17-14(11-21)18(24(22-17)12-7-4-3-5-8-12)23-19(26)13-9-6-10-15(25(28)29)16(13)20(23)27/h3-10H,2H2,1H3. The number of nitriles is 1. The van der Waals surface area contributed by atoms with Crippen molar-refractivity contribution in [3.05, 3.63) is 75.3 Å². The summed E-state index contributed by atoms with van der Waals surface area (Å²) in [5, 5.41) is 26.0. The highest BCUT2D eigenvalue weighted by Crippen LogP contribution is 2.39. The maximum absolute atomic E-state index is 13.2. The molecule has 1 aromatic heterocycles. The van der Waals surface area contributed by atoms with Crippen LogP contribution in [0.4, 0.5) is 11.5 Å². The lowest BCUT2D eigenvalue weighted by molar-refractivity contribution is -0.385. The Hall–Kier alpha value is -3.97. The molecule has 1 aliphatic heterocycles. The molecule has 0 radical (unpaired) electrons. The van der Waals surface area contributed by atoms with Gasteiger partial charge in [-0.2, -0.15) is 10.4 Å². The van der Waals surface area contributed by atoms with Gasteiger partial charge in [0.05, 0.1) is 16.2 Å². The Morgan fingerprint density at radius 2 is 1.87 bits per heavy atom. The van der Waals surface area contributed by atoms with Crippen molar-refractivity contribution in [1.29, 1.82) is 5.26 Å². The molecule has 2 amide bonds. The van der Waals surface area contributed by atoms with Crippen LogP contribution in [0.25, 0.3) is 5.69 Å². The van der Waals surface area contributed by atoms with E-state index < -0.39 is 22.4 Å². The summed E-state index contributed by atoms with van der Waals surface area (Å²) in [6.07, 6.45) is 0. The molecular formula is C20H13N5O4S. The van der Waals surface area contributed by atoms with Gasteiger partial charge in [-0.1, -0.05) is 31.2 Å². The number of nitro groups is 1. The predicted octanol–water partition coefficient (Wildman–Crippen LogP) is 3.56. The van der Waals surface area contributed by atoms with Crippen molar-refractivity contribution >= 4 is 35.1 Å². The fourth-order valence-electron chi connectivity index (χ4n) is 3.29.